The molecule has 1 aliphatic heterocycles. The summed E-state index contributed by atoms with van der Waals surface area (Å²) in [6, 6.07) is 22.7. The predicted octanol–water partition coefficient (Wildman–Crippen LogP) is 4.75. The van der Waals surface area contributed by atoms with Crippen LogP contribution in [-0.2, 0) is 0 Å². The van der Waals surface area contributed by atoms with E-state index in [1.54, 1.807) is 0 Å². The second-order valence-electron chi connectivity index (χ2n) is 6.60. The molecule has 3 aromatic rings. The fourth-order valence-electron chi connectivity index (χ4n) is 3.43. The molecule has 0 radical (unpaired) electrons. The van der Waals surface area contributed by atoms with E-state index >= 15 is 0 Å². The van der Waals surface area contributed by atoms with Crippen molar-refractivity contribution < 1.29 is 4.42 Å². The number of benzene rings is 2. The Morgan fingerprint density at radius 1 is 0.846 bits per heavy atom. The van der Waals surface area contributed by atoms with Crippen molar-refractivity contribution in [3.05, 3.63) is 78.1 Å². The van der Waals surface area contributed by atoms with E-state index in [2.05, 4.69) is 41.0 Å². The van der Waals surface area contributed by atoms with E-state index in [-0.39, 0.29) is 0 Å². The molecule has 0 N–H and O–H groups in total. The van der Waals surface area contributed by atoms with Crippen molar-refractivity contribution in [2.24, 2.45) is 0 Å². The van der Waals surface area contributed by atoms with Crippen LogP contribution < -0.4 is 4.90 Å². The van der Waals surface area contributed by atoms with E-state index in [0.29, 0.717) is 0 Å². The molecule has 2 aromatic carbocycles. The number of aryl methyl sites for hydroxylation is 1. The lowest BCUT2D eigenvalue weighted by atomic mass is 10.1. The van der Waals surface area contributed by atoms with E-state index in [4.69, 9.17) is 16.6 Å². The number of nitrogens with zero attached hydrogens (tertiary/aromatic N) is 2. The van der Waals surface area contributed by atoms with E-state index in [0.717, 1.165) is 48.3 Å². The van der Waals surface area contributed by atoms with Crippen LogP contribution in [-0.4, -0.2) is 36.1 Å². The highest BCUT2D eigenvalue weighted by molar-refractivity contribution is 7.80. The molecule has 0 saturated carbocycles. The molecule has 3 nitrogen and oxygen atoms in total. The molecule has 26 heavy (non-hydrogen) atoms. The first kappa shape index (κ1) is 16.9. The summed E-state index contributed by atoms with van der Waals surface area (Å²) in [4.78, 5) is 5.49. The SMILES string of the molecule is Cc1ccccc1N1CCN(C(=S)c2ccc(-c3ccccc3)o2)CC1. The highest BCUT2D eigenvalue weighted by Gasteiger charge is 2.22. The van der Waals surface area contributed by atoms with Gasteiger partial charge in [0.1, 0.15) is 10.7 Å². The number of hydrogen-bond donors (Lipinski definition) is 0. The Morgan fingerprint density at radius 2 is 1.54 bits per heavy atom. The Kier molecular flexibility index (Phi) is 4.76. The molecule has 1 fully saturated rings. The van der Waals surface area contributed by atoms with E-state index in [9.17, 15) is 0 Å². The number of piperazine rings is 1. The van der Waals surface area contributed by atoms with Crippen molar-refractivity contribution in [2.45, 2.75) is 6.92 Å². The van der Waals surface area contributed by atoms with Gasteiger partial charge in [-0.15, -0.1) is 0 Å². The van der Waals surface area contributed by atoms with Crippen LogP contribution in [0.5, 0.6) is 0 Å². The molecule has 0 spiro atoms. The van der Waals surface area contributed by atoms with Gasteiger partial charge in [0.2, 0.25) is 0 Å². The van der Waals surface area contributed by atoms with Crippen molar-refractivity contribution in [3.63, 3.8) is 0 Å². The number of anilines is 1. The predicted molar refractivity (Wildman–Crippen MR) is 111 cm³/mol. The molecular weight excluding hydrogens is 340 g/mol. The fourth-order valence-corrected chi connectivity index (χ4v) is 3.73. The van der Waals surface area contributed by atoms with Gasteiger partial charge in [-0.05, 0) is 30.7 Å². The zero-order chi connectivity index (χ0) is 17.9. The molecule has 1 aliphatic rings. The van der Waals surface area contributed by atoms with Gasteiger partial charge >= 0.3 is 0 Å². The van der Waals surface area contributed by atoms with Gasteiger partial charge in [-0.2, -0.15) is 0 Å². The Labute approximate surface area is 159 Å². The minimum atomic E-state index is 0.781. The maximum atomic E-state index is 6.02. The molecule has 2 heterocycles. The largest absolute Gasteiger partial charge is 0.454 e. The number of rotatable bonds is 3. The Balaban J connectivity index is 1.43. The third-order valence-electron chi connectivity index (χ3n) is 4.90. The summed E-state index contributed by atoms with van der Waals surface area (Å²) in [7, 11) is 0. The van der Waals surface area contributed by atoms with Crippen LogP contribution in [0, 0.1) is 6.92 Å². The number of hydrogen-bond acceptors (Lipinski definition) is 3. The standard InChI is InChI=1S/C22H22N2OS/c1-17-7-5-6-10-19(17)23-13-15-24(16-14-23)22(26)21-12-11-20(25-21)18-8-3-2-4-9-18/h2-12H,13-16H2,1H3. The molecule has 132 valence electrons. The smallest absolute Gasteiger partial charge is 0.162 e. The molecule has 1 saturated heterocycles. The van der Waals surface area contributed by atoms with Crippen LogP contribution in [0.15, 0.2) is 71.1 Å². The molecule has 0 unspecified atom stereocenters. The Bertz CT molecular complexity index is 895. The summed E-state index contributed by atoms with van der Waals surface area (Å²) in [6.07, 6.45) is 0. The van der Waals surface area contributed by atoms with Crippen molar-refractivity contribution in [1.29, 1.82) is 0 Å². The fraction of sp³-hybridized carbons (Fsp3) is 0.227. The van der Waals surface area contributed by atoms with Crippen LogP contribution >= 0.6 is 12.2 Å². The normalized spacial score (nSPS) is 14.5. The third-order valence-corrected chi connectivity index (χ3v) is 5.36. The lowest BCUT2D eigenvalue weighted by Gasteiger charge is -2.37. The van der Waals surface area contributed by atoms with Gasteiger partial charge in [0.05, 0.1) is 0 Å². The van der Waals surface area contributed by atoms with Crippen LogP contribution in [0.4, 0.5) is 5.69 Å². The summed E-state index contributed by atoms with van der Waals surface area (Å²) in [6.45, 7) is 5.93. The monoisotopic (exact) mass is 362 g/mol. The minimum Gasteiger partial charge on any atom is -0.454 e. The molecule has 0 amide bonds. The van der Waals surface area contributed by atoms with Crippen molar-refractivity contribution >= 4 is 22.9 Å². The molecule has 4 rings (SSSR count). The van der Waals surface area contributed by atoms with Gasteiger partial charge in [-0.25, -0.2) is 0 Å². The molecule has 0 bridgehead atoms. The first-order valence-electron chi connectivity index (χ1n) is 8.97. The minimum absolute atomic E-state index is 0.781. The maximum Gasteiger partial charge on any atom is 0.162 e. The zero-order valence-corrected chi connectivity index (χ0v) is 15.7. The van der Waals surface area contributed by atoms with Crippen LogP contribution in [0.1, 0.15) is 11.3 Å². The van der Waals surface area contributed by atoms with Gasteiger partial charge in [-0.1, -0.05) is 60.7 Å². The molecule has 0 aliphatic carbocycles. The summed E-state index contributed by atoms with van der Waals surface area (Å²) in [5.41, 5.74) is 3.72. The van der Waals surface area contributed by atoms with Crippen molar-refractivity contribution in [1.82, 2.24) is 4.90 Å². The topological polar surface area (TPSA) is 19.6 Å². The Morgan fingerprint density at radius 3 is 2.27 bits per heavy atom. The summed E-state index contributed by atoms with van der Waals surface area (Å²) in [5, 5.41) is 0. The summed E-state index contributed by atoms with van der Waals surface area (Å²) >= 11 is 5.70. The number of para-hydroxylation sites is 1. The van der Waals surface area contributed by atoms with E-state index in [1.165, 1.54) is 11.3 Å². The second kappa shape index (κ2) is 7.34. The third kappa shape index (κ3) is 3.37. The summed E-state index contributed by atoms with van der Waals surface area (Å²) in [5.74, 6) is 1.64. The number of furan rings is 1. The molecular formula is C22H22N2OS. The first-order valence-corrected chi connectivity index (χ1v) is 9.38. The van der Waals surface area contributed by atoms with Gasteiger partial charge in [0.15, 0.2) is 5.76 Å². The average molecular weight is 362 g/mol. The van der Waals surface area contributed by atoms with Crippen LogP contribution in [0.2, 0.25) is 0 Å². The molecule has 0 atom stereocenters. The molecule has 4 heteroatoms. The van der Waals surface area contributed by atoms with E-state index in [1.807, 2.05) is 42.5 Å². The van der Waals surface area contributed by atoms with Crippen molar-refractivity contribution in [3.8, 4) is 11.3 Å². The molecule has 1 aromatic heterocycles. The first-order chi connectivity index (χ1) is 12.7. The van der Waals surface area contributed by atoms with Gasteiger partial charge in [0, 0.05) is 37.4 Å². The van der Waals surface area contributed by atoms with E-state index < -0.39 is 0 Å². The number of thiocarbonyl (C=S) groups is 1. The van der Waals surface area contributed by atoms with Crippen LogP contribution in [0.25, 0.3) is 11.3 Å². The zero-order valence-electron chi connectivity index (χ0n) is 14.9. The van der Waals surface area contributed by atoms with Gasteiger partial charge < -0.3 is 14.2 Å². The quantitative estimate of drug-likeness (QED) is 0.626. The van der Waals surface area contributed by atoms with Gasteiger partial charge in [-0.3, -0.25) is 0 Å². The highest BCUT2D eigenvalue weighted by atomic mass is 32.1. The van der Waals surface area contributed by atoms with Crippen molar-refractivity contribution in [2.75, 3.05) is 31.1 Å². The maximum absolute atomic E-state index is 6.02. The highest BCUT2D eigenvalue weighted by Crippen LogP contribution is 2.25. The van der Waals surface area contributed by atoms with Gasteiger partial charge in [0.25, 0.3) is 0 Å². The summed E-state index contributed by atoms with van der Waals surface area (Å²) < 4.78 is 6.02. The Hall–Kier alpha value is -2.59. The average Bonchev–Trinajstić information content (AvgIpc) is 3.19. The lowest BCUT2D eigenvalue weighted by molar-refractivity contribution is 0.385. The van der Waals surface area contributed by atoms with Crippen LogP contribution in [0.3, 0.4) is 0 Å². The lowest BCUT2D eigenvalue weighted by Crippen LogP contribution is -2.48. The second-order valence-corrected chi connectivity index (χ2v) is 6.98.